The van der Waals surface area contributed by atoms with E-state index in [1.165, 1.54) is 12.1 Å². The first kappa shape index (κ1) is 24.9. The van der Waals surface area contributed by atoms with Gasteiger partial charge in [0.15, 0.2) is 17.3 Å². The third kappa shape index (κ3) is 3.32. The van der Waals surface area contributed by atoms with Crippen molar-refractivity contribution in [3.8, 4) is 0 Å². The van der Waals surface area contributed by atoms with Gasteiger partial charge in [0.1, 0.15) is 17.3 Å². The molecule has 40 heavy (non-hydrogen) atoms. The zero-order valence-electron chi connectivity index (χ0n) is 21.5. The molecule has 0 N–H and O–H groups in total. The van der Waals surface area contributed by atoms with E-state index in [9.17, 15) is 18.8 Å². The monoisotopic (exact) mass is 591 g/mol. The van der Waals surface area contributed by atoms with E-state index < -0.39 is 29.2 Å². The molecule has 7 rings (SSSR count). The molecule has 1 aliphatic carbocycles. The maximum absolute atomic E-state index is 14.6. The van der Waals surface area contributed by atoms with Gasteiger partial charge in [-0.05, 0) is 42.8 Å². The summed E-state index contributed by atoms with van der Waals surface area (Å²) >= 11 is 3.49. The third-order valence-electron chi connectivity index (χ3n) is 8.60. The number of carbonyl (C=O) groups excluding carboxylic acids is 3. The number of ketones is 3. The number of Topliss-reactive ketones (excluding diaryl/α,β-unsaturated/α-hetero) is 3. The number of aryl methyl sites for hydroxylation is 1. The number of halogens is 2. The lowest BCUT2D eigenvalue weighted by atomic mass is 9.64. The number of anilines is 1. The molecule has 0 radical (unpaired) electrons. The second-order valence-corrected chi connectivity index (χ2v) is 11.6. The number of hydrogen-bond donors (Lipinski definition) is 0. The molecule has 0 amide bonds. The predicted molar refractivity (Wildman–Crippen MR) is 155 cm³/mol. The predicted octanol–water partition coefficient (Wildman–Crippen LogP) is 7.21. The van der Waals surface area contributed by atoms with Gasteiger partial charge in [-0.2, -0.15) is 0 Å². The van der Waals surface area contributed by atoms with Crippen LogP contribution in [-0.4, -0.2) is 29.4 Å². The Balaban J connectivity index is 1.54. The van der Waals surface area contributed by atoms with Crippen LogP contribution in [0.25, 0.3) is 6.08 Å². The van der Waals surface area contributed by atoms with Gasteiger partial charge >= 0.3 is 0 Å². The molecule has 1 unspecified atom stereocenters. The van der Waals surface area contributed by atoms with E-state index in [2.05, 4.69) is 15.9 Å². The minimum absolute atomic E-state index is 0.197. The van der Waals surface area contributed by atoms with Gasteiger partial charge in [0, 0.05) is 38.3 Å². The Kier molecular flexibility index (Phi) is 5.55. The second kappa shape index (κ2) is 8.93. The summed E-state index contributed by atoms with van der Waals surface area (Å²) in [5.74, 6) is -1.97. The first-order valence-electron chi connectivity index (χ1n) is 13.1. The van der Waals surface area contributed by atoms with E-state index >= 15 is 0 Å². The van der Waals surface area contributed by atoms with Crippen LogP contribution in [0.3, 0.4) is 0 Å². The standard InChI is InChI=1S/C34H23BrFNO3/c1-19-6-8-21(9-7-19)31(38)30-29(20-10-13-23(35)14-11-20)34(32(39)25-4-2-3-5-26(25)33(34)40)28-17-12-22-18-24(36)15-16-27(22)37(28)30/h2-18,28-30H,1H3/t28?,29-,30+/m0/s1. The Morgan fingerprint density at radius 3 is 2.17 bits per heavy atom. The smallest absolute Gasteiger partial charge is 0.185 e. The molecular formula is C34H23BrFNO3. The first-order chi connectivity index (χ1) is 19.3. The van der Waals surface area contributed by atoms with E-state index in [-0.39, 0.29) is 17.3 Å². The molecule has 0 saturated carbocycles. The van der Waals surface area contributed by atoms with Crippen LogP contribution in [-0.2, 0) is 0 Å². The minimum Gasteiger partial charge on any atom is -0.352 e. The molecule has 1 fully saturated rings. The van der Waals surface area contributed by atoms with Crippen molar-refractivity contribution in [1.82, 2.24) is 0 Å². The van der Waals surface area contributed by atoms with Gasteiger partial charge in [-0.3, -0.25) is 14.4 Å². The van der Waals surface area contributed by atoms with Crippen molar-refractivity contribution in [3.05, 3.63) is 141 Å². The average Bonchev–Trinajstić information content (AvgIpc) is 3.39. The molecule has 2 aliphatic heterocycles. The van der Waals surface area contributed by atoms with Crippen molar-refractivity contribution in [3.63, 3.8) is 0 Å². The van der Waals surface area contributed by atoms with Crippen molar-refractivity contribution in [1.29, 1.82) is 0 Å². The summed E-state index contributed by atoms with van der Waals surface area (Å²) in [6.45, 7) is 1.95. The van der Waals surface area contributed by atoms with Gasteiger partial charge in [0.2, 0.25) is 0 Å². The van der Waals surface area contributed by atoms with Gasteiger partial charge < -0.3 is 4.90 Å². The zero-order chi connectivity index (χ0) is 27.8. The van der Waals surface area contributed by atoms with E-state index in [0.717, 1.165) is 15.6 Å². The molecule has 4 aromatic rings. The molecular weight excluding hydrogens is 569 g/mol. The molecule has 4 aromatic carbocycles. The van der Waals surface area contributed by atoms with Crippen LogP contribution in [0.2, 0.25) is 0 Å². The van der Waals surface area contributed by atoms with E-state index in [0.29, 0.717) is 27.9 Å². The number of carbonyl (C=O) groups is 3. The number of rotatable bonds is 3. The van der Waals surface area contributed by atoms with Gasteiger partial charge in [0.25, 0.3) is 0 Å². The highest BCUT2D eigenvalue weighted by atomic mass is 79.9. The minimum atomic E-state index is -1.58. The molecule has 4 nitrogen and oxygen atoms in total. The van der Waals surface area contributed by atoms with Crippen LogP contribution < -0.4 is 4.90 Å². The average molecular weight is 592 g/mol. The summed E-state index contributed by atoms with van der Waals surface area (Å²) in [6, 6.07) is 24.5. The highest BCUT2D eigenvalue weighted by Crippen LogP contribution is 2.61. The summed E-state index contributed by atoms with van der Waals surface area (Å²) < 4.78 is 15.2. The van der Waals surface area contributed by atoms with Crippen molar-refractivity contribution < 1.29 is 18.8 Å². The summed E-state index contributed by atoms with van der Waals surface area (Å²) in [5, 5.41) is 0. The molecule has 3 atom stereocenters. The lowest BCUT2D eigenvalue weighted by Gasteiger charge is -2.37. The maximum Gasteiger partial charge on any atom is 0.185 e. The third-order valence-corrected chi connectivity index (χ3v) is 9.13. The molecule has 2 heterocycles. The largest absolute Gasteiger partial charge is 0.352 e. The van der Waals surface area contributed by atoms with Gasteiger partial charge in [0.05, 0.1) is 6.04 Å². The van der Waals surface area contributed by atoms with Gasteiger partial charge in [-0.25, -0.2) is 4.39 Å². The van der Waals surface area contributed by atoms with Crippen molar-refractivity contribution >= 4 is 45.0 Å². The Morgan fingerprint density at radius 1 is 0.875 bits per heavy atom. The van der Waals surface area contributed by atoms with Crippen LogP contribution in [0.15, 0.2) is 102 Å². The highest BCUT2D eigenvalue weighted by Gasteiger charge is 2.71. The number of nitrogens with zero attached hydrogens (tertiary/aromatic N) is 1. The van der Waals surface area contributed by atoms with Crippen LogP contribution in [0.5, 0.6) is 0 Å². The molecule has 3 aliphatic rings. The Labute approximate surface area is 239 Å². The lowest BCUT2D eigenvalue weighted by molar-refractivity contribution is 0.0666. The normalized spacial score (nSPS) is 21.9. The molecule has 196 valence electrons. The topological polar surface area (TPSA) is 54.5 Å². The molecule has 6 heteroatoms. The second-order valence-electron chi connectivity index (χ2n) is 10.7. The SMILES string of the molecule is Cc1ccc(C(=O)[C@H]2[C@H](c3ccc(Br)cc3)C3(C(=O)c4ccccc4C3=O)C3C=Cc4cc(F)ccc4N32)cc1. The van der Waals surface area contributed by atoms with E-state index in [1.54, 1.807) is 54.6 Å². The van der Waals surface area contributed by atoms with Gasteiger partial charge in [-0.1, -0.05) is 94.3 Å². The molecule has 0 aromatic heterocycles. The maximum atomic E-state index is 14.6. The fraction of sp³-hybridized carbons (Fsp3) is 0.147. The van der Waals surface area contributed by atoms with Crippen LogP contribution >= 0.6 is 15.9 Å². The van der Waals surface area contributed by atoms with Crippen LogP contribution in [0.1, 0.15) is 53.7 Å². The molecule has 1 saturated heterocycles. The Morgan fingerprint density at radius 2 is 1.52 bits per heavy atom. The molecule has 0 bridgehead atoms. The Hall–Kier alpha value is -4.16. The summed E-state index contributed by atoms with van der Waals surface area (Å²) in [7, 11) is 0. The van der Waals surface area contributed by atoms with E-state index in [4.69, 9.17) is 0 Å². The molecule has 1 spiro atoms. The van der Waals surface area contributed by atoms with Gasteiger partial charge in [-0.15, -0.1) is 0 Å². The first-order valence-corrected chi connectivity index (χ1v) is 13.9. The summed E-state index contributed by atoms with van der Waals surface area (Å²) in [4.78, 5) is 45.7. The summed E-state index contributed by atoms with van der Waals surface area (Å²) in [6.07, 6.45) is 3.57. The highest BCUT2D eigenvalue weighted by molar-refractivity contribution is 9.10. The fourth-order valence-electron chi connectivity index (χ4n) is 6.88. The zero-order valence-corrected chi connectivity index (χ0v) is 23.1. The van der Waals surface area contributed by atoms with Crippen molar-refractivity contribution in [2.24, 2.45) is 5.41 Å². The Bertz CT molecular complexity index is 1720. The quantitative estimate of drug-likeness (QED) is 0.186. The van der Waals surface area contributed by atoms with Crippen molar-refractivity contribution in [2.45, 2.75) is 24.9 Å². The van der Waals surface area contributed by atoms with Crippen LogP contribution in [0, 0.1) is 18.2 Å². The fourth-order valence-corrected chi connectivity index (χ4v) is 7.14. The number of benzene rings is 4. The van der Waals surface area contributed by atoms with Crippen molar-refractivity contribution in [2.75, 3.05) is 4.90 Å². The number of fused-ring (bicyclic) bond motifs is 5. The summed E-state index contributed by atoms with van der Waals surface area (Å²) in [5.41, 5.74) is 2.60. The van der Waals surface area contributed by atoms with Crippen LogP contribution in [0.4, 0.5) is 10.1 Å². The number of hydrogen-bond acceptors (Lipinski definition) is 4. The lowest BCUT2D eigenvalue weighted by Crippen LogP contribution is -2.48. The van der Waals surface area contributed by atoms with E-state index in [1.807, 2.05) is 48.2 Å².